The van der Waals surface area contributed by atoms with Crippen molar-refractivity contribution >= 4 is 23.6 Å². The van der Waals surface area contributed by atoms with Crippen LogP contribution in [-0.4, -0.2) is 31.0 Å². The fourth-order valence-electron chi connectivity index (χ4n) is 1.57. The molecular formula is C14H18ClNO2. The Morgan fingerprint density at radius 3 is 2.28 bits per heavy atom. The Balaban J connectivity index is 2.84. The first-order valence-corrected chi connectivity index (χ1v) is 6.30. The van der Waals surface area contributed by atoms with Crippen LogP contribution in [0.5, 0.6) is 5.75 Å². The number of benzene rings is 1. The Morgan fingerprint density at radius 2 is 1.83 bits per heavy atom. The van der Waals surface area contributed by atoms with Gasteiger partial charge < -0.3 is 9.64 Å². The first-order chi connectivity index (χ1) is 8.62. The molecule has 0 aliphatic rings. The molecule has 1 aromatic carbocycles. The molecule has 0 aliphatic carbocycles. The highest BCUT2D eigenvalue weighted by Gasteiger charge is 2.13. The molecule has 0 saturated heterocycles. The number of rotatable bonds is 5. The number of hydrogen-bond acceptors (Lipinski definition) is 2. The maximum atomic E-state index is 11.9. The molecule has 18 heavy (non-hydrogen) atoms. The van der Waals surface area contributed by atoms with Crippen molar-refractivity contribution in [2.75, 3.05) is 20.2 Å². The molecule has 98 valence electrons. The van der Waals surface area contributed by atoms with Gasteiger partial charge in [0.15, 0.2) is 0 Å². The van der Waals surface area contributed by atoms with Crippen molar-refractivity contribution < 1.29 is 9.53 Å². The molecule has 0 spiro atoms. The van der Waals surface area contributed by atoms with Crippen molar-refractivity contribution in [2.45, 2.75) is 13.8 Å². The van der Waals surface area contributed by atoms with Gasteiger partial charge in [-0.3, -0.25) is 4.79 Å². The highest BCUT2D eigenvalue weighted by Crippen LogP contribution is 2.16. The topological polar surface area (TPSA) is 29.5 Å². The maximum absolute atomic E-state index is 11.9. The first-order valence-electron chi connectivity index (χ1n) is 5.92. The normalized spacial score (nSPS) is 11.2. The van der Waals surface area contributed by atoms with Crippen LogP contribution in [0.2, 0.25) is 0 Å². The van der Waals surface area contributed by atoms with Gasteiger partial charge in [-0.1, -0.05) is 23.7 Å². The number of methoxy groups -OCH3 is 1. The zero-order valence-corrected chi connectivity index (χ0v) is 11.7. The summed E-state index contributed by atoms with van der Waals surface area (Å²) in [7, 11) is 1.61. The third kappa shape index (κ3) is 3.77. The van der Waals surface area contributed by atoms with Gasteiger partial charge in [-0.25, -0.2) is 0 Å². The Kier molecular flexibility index (Phi) is 5.72. The van der Waals surface area contributed by atoms with Gasteiger partial charge in [0.2, 0.25) is 0 Å². The highest BCUT2D eigenvalue weighted by molar-refractivity contribution is 6.44. The lowest BCUT2D eigenvalue weighted by molar-refractivity contribution is -0.126. The van der Waals surface area contributed by atoms with Gasteiger partial charge in [-0.15, -0.1) is 0 Å². The Morgan fingerprint density at radius 1 is 1.28 bits per heavy atom. The van der Waals surface area contributed by atoms with Gasteiger partial charge in [0.25, 0.3) is 5.91 Å². The summed E-state index contributed by atoms with van der Waals surface area (Å²) in [4.78, 5) is 13.6. The van der Waals surface area contributed by atoms with Gasteiger partial charge in [-0.05, 0) is 37.6 Å². The molecule has 0 aliphatic heterocycles. The monoisotopic (exact) mass is 267 g/mol. The molecule has 0 unspecified atom stereocenters. The van der Waals surface area contributed by atoms with Crippen molar-refractivity contribution in [1.29, 1.82) is 0 Å². The van der Waals surface area contributed by atoms with Crippen LogP contribution in [0.25, 0.3) is 6.08 Å². The van der Waals surface area contributed by atoms with E-state index < -0.39 is 0 Å². The Hall–Kier alpha value is -1.48. The lowest BCUT2D eigenvalue weighted by atomic mass is 10.2. The van der Waals surface area contributed by atoms with E-state index in [1.807, 2.05) is 38.1 Å². The van der Waals surface area contributed by atoms with E-state index in [4.69, 9.17) is 16.3 Å². The van der Waals surface area contributed by atoms with Crippen LogP contribution in [-0.2, 0) is 4.79 Å². The highest BCUT2D eigenvalue weighted by atomic mass is 35.5. The quantitative estimate of drug-likeness (QED) is 0.767. The molecule has 1 amide bonds. The lowest BCUT2D eigenvalue weighted by Crippen LogP contribution is -2.30. The summed E-state index contributed by atoms with van der Waals surface area (Å²) in [5, 5.41) is 0.226. The molecule has 0 heterocycles. The second-order valence-corrected chi connectivity index (χ2v) is 4.15. The zero-order chi connectivity index (χ0) is 13.5. The smallest absolute Gasteiger partial charge is 0.265 e. The molecular weight excluding hydrogens is 250 g/mol. The van der Waals surface area contributed by atoms with Crippen LogP contribution < -0.4 is 4.74 Å². The average Bonchev–Trinajstić information content (AvgIpc) is 2.40. The third-order valence-corrected chi connectivity index (χ3v) is 2.93. The van der Waals surface area contributed by atoms with E-state index in [2.05, 4.69) is 0 Å². The molecule has 1 aromatic rings. The largest absolute Gasteiger partial charge is 0.497 e. The summed E-state index contributed by atoms with van der Waals surface area (Å²) in [6, 6.07) is 7.38. The summed E-state index contributed by atoms with van der Waals surface area (Å²) >= 11 is 6.03. The van der Waals surface area contributed by atoms with E-state index in [1.54, 1.807) is 18.1 Å². The standard InChI is InChI=1S/C14H18ClNO2/c1-4-16(5-2)14(17)13(15)10-11-6-8-12(18-3)9-7-11/h6-10H,4-5H2,1-3H3/b13-10-. The molecule has 0 N–H and O–H groups in total. The van der Waals surface area contributed by atoms with Crippen LogP contribution in [0.1, 0.15) is 19.4 Å². The van der Waals surface area contributed by atoms with Crippen LogP contribution in [0, 0.1) is 0 Å². The van der Waals surface area contributed by atoms with Crippen LogP contribution >= 0.6 is 11.6 Å². The number of likely N-dealkylation sites (N-methyl/N-ethyl adjacent to an activating group) is 1. The fraction of sp³-hybridized carbons (Fsp3) is 0.357. The number of hydrogen-bond donors (Lipinski definition) is 0. The fourth-order valence-corrected chi connectivity index (χ4v) is 1.82. The number of halogens is 1. The lowest BCUT2D eigenvalue weighted by Gasteiger charge is -2.17. The van der Waals surface area contributed by atoms with Gasteiger partial charge in [-0.2, -0.15) is 0 Å². The predicted molar refractivity (Wildman–Crippen MR) is 74.8 cm³/mol. The van der Waals surface area contributed by atoms with Crippen LogP contribution in [0.4, 0.5) is 0 Å². The first kappa shape index (κ1) is 14.6. The van der Waals surface area contributed by atoms with Gasteiger partial charge in [0.05, 0.1) is 7.11 Å². The predicted octanol–water partition coefficient (Wildman–Crippen LogP) is 3.14. The van der Waals surface area contributed by atoms with E-state index in [1.165, 1.54) is 0 Å². The molecule has 0 aromatic heterocycles. The van der Waals surface area contributed by atoms with Crippen molar-refractivity contribution in [3.05, 3.63) is 34.9 Å². The number of carbonyl (C=O) groups is 1. The second-order valence-electron chi connectivity index (χ2n) is 3.74. The summed E-state index contributed by atoms with van der Waals surface area (Å²) in [6.07, 6.45) is 1.67. The van der Waals surface area contributed by atoms with Crippen molar-refractivity contribution in [1.82, 2.24) is 4.90 Å². The SMILES string of the molecule is CCN(CC)C(=O)/C(Cl)=C/c1ccc(OC)cc1. The van der Waals surface area contributed by atoms with Crippen LogP contribution in [0.3, 0.4) is 0 Å². The molecule has 0 radical (unpaired) electrons. The van der Waals surface area contributed by atoms with Crippen molar-refractivity contribution in [2.24, 2.45) is 0 Å². The van der Waals surface area contributed by atoms with E-state index >= 15 is 0 Å². The Labute approximate surface area is 113 Å². The molecule has 0 bridgehead atoms. The van der Waals surface area contributed by atoms with Crippen LogP contribution in [0.15, 0.2) is 29.3 Å². The van der Waals surface area contributed by atoms with Crippen molar-refractivity contribution in [3.8, 4) is 5.75 Å². The number of carbonyl (C=O) groups excluding carboxylic acids is 1. The minimum Gasteiger partial charge on any atom is -0.497 e. The van der Waals surface area contributed by atoms with E-state index in [9.17, 15) is 4.79 Å². The molecule has 3 nitrogen and oxygen atoms in total. The molecule has 0 atom stereocenters. The molecule has 1 rings (SSSR count). The Bertz CT molecular complexity index is 422. The maximum Gasteiger partial charge on any atom is 0.265 e. The minimum atomic E-state index is -0.141. The van der Waals surface area contributed by atoms with Gasteiger partial charge in [0.1, 0.15) is 10.8 Å². The van der Waals surface area contributed by atoms with Crippen molar-refractivity contribution in [3.63, 3.8) is 0 Å². The minimum absolute atomic E-state index is 0.141. The zero-order valence-electron chi connectivity index (χ0n) is 10.9. The van der Waals surface area contributed by atoms with E-state index in [-0.39, 0.29) is 10.9 Å². The molecule has 0 fully saturated rings. The third-order valence-electron chi connectivity index (χ3n) is 2.66. The second kappa shape index (κ2) is 7.07. The summed E-state index contributed by atoms with van der Waals surface area (Å²) in [5.41, 5.74) is 0.876. The van der Waals surface area contributed by atoms with E-state index in [0.717, 1.165) is 11.3 Å². The molecule has 4 heteroatoms. The summed E-state index contributed by atoms with van der Waals surface area (Å²) in [6.45, 7) is 5.17. The number of ether oxygens (including phenoxy) is 1. The van der Waals surface area contributed by atoms with Gasteiger partial charge >= 0.3 is 0 Å². The number of amides is 1. The van der Waals surface area contributed by atoms with Gasteiger partial charge in [0, 0.05) is 13.1 Å². The van der Waals surface area contributed by atoms with E-state index in [0.29, 0.717) is 13.1 Å². The summed E-state index contributed by atoms with van der Waals surface area (Å²) < 4.78 is 5.07. The molecule has 0 saturated carbocycles. The summed E-state index contributed by atoms with van der Waals surface area (Å²) in [5.74, 6) is 0.635. The average molecular weight is 268 g/mol. The number of nitrogens with zero attached hydrogens (tertiary/aromatic N) is 1.